The van der Waals surface area contributed by atoms with Crippen molar-refractivity contribution in [2.24, 2.45) is 5.73 Å². The van der Waals surface area contributed by atoms with Gasteiger partial charge < -0.3 is 11.1 Å². The van der Waals surface area contributed by atoms with E-state index in [1.807, 2.05) is 12.1 Å². The molecule has 0 radical (unpaired) electrons. The van der Waals surface area contributed by atoms with Crippen molar-refractivity contribution >= 4 is 23.4 Å². The van der Waals surface area contributed by atoms with Crippen LogP contribution in [0.4, 0.5) is 5.69 Å². The highest BCUT2D eigenvalue weighted by molar-refractivity contribution is 7.98. The zero-order chi connectivity index (χ0) is 14.5. The van der Waals surface area contributed by atoms with Crippen molar-refractivity contribution in [3.63, 3.8) is 0 Å². The molecule has 0 aliphatic carbocycles. The lowest BCUT2D eigenvalue weighted by Crippen LogP contribution is -2.12. The van der Waals surface area contributed by atoms with E-state index in [9.17, 15) is 4.79 Å². The Kier molecular flexibility index (Phi) is 4.69. The highest BCUT2D eigenvalue weighted by Crippen LogP contribution is 2.22. The molecule has 2 rings (SSSR count). The van der Waals surface area contributed by atoms with Crippen LogP contribution in [0.3, 0.4) is 0 Å². The van der Waals surface area contributed by atoms with E-state index in [2.05, 4.69) is 42.8 Å². The summed E-state index contributed by atoms with van der Waals surface area (Å²) in [5.41, 5.74) is 7.89. The Morgan fingerprint density at radius 3 is 2.50 bits per heavy atom. The SMILES string of the molecule is CSc1ccc(C(C)Nc2cccc(C(N)=O)c2)cc1. The first-order valence-corrected chi connectivity index (χ1v) is 7.63. The molecule has 0 fully saturated rings. The number of nitrogens with one attached hydrogen (secondary N) is 1. The fourth-order valence-corrected chi connectivity index (χ4v) is 2.40. The Bertz CT molecular complexity index is 596. The van der Waals surface area contributed by atoms with Gasteiger partial charge in [-0.2, -0.15) is 0 Å². The average molecular weight is 286 g/mol. The van der Waals surface area contributed by atoms with E-state index in [4.69, 9.17) is 5.73 Å². The van der Waals surface area contributed by atoms with E-state index in [1.165, 1.54) is 10.5 Å². The monoisotopic (exact) mass is 286 g/mol. The predicted octanol–water partition coefficient (Wildman–Crippen LogP) is 3.68. The average Bonchev–Trinajstić information content (AvgIpc) is 2.47. The van der Waals surface area contributed by atoms with Gasteiger partial charge in [0.1, 0.15) is 0 Å². The van der Waals surface area contributed by atoms with Gasteiger partial charge in [-0.3, -0.25) is 4.79 Å². The second-order valence-electron chi connectivity index (χ2n) is 4.58. The zero-order valence-corrected chi connectivity index (χ0v) is 12.4. The van der Waals surface area contributed by atoms with Crippen LogP contribution < -0.4 is 11.1 Å². The van der Waals surface area contributed by atoms with Crippen molar-refractivity contribution in [1.82, 2.24) is 0 Å². The second-order valence-corrected chi connectivity index (χ2v) is 5.46. The Labute approximate surface area is 123 Å². The largest absolute Gasteiger partial charge is 0.379 e. The third-order valence-corrected chi connectivity index (χ3v) is 3.89. The van der Waals surface area contributed by atoms with Crippen LogP contribution in [-0.2, 0) is 0 Å². The quantitative estimate of drug-likeness (QED) is 0.824. The van der Waals surface area contributed by atoms with E-state index >= 15 is 0 Å². The molecular formula is C16H18N2OS. The van der Waals surface area contributed by atoms with E-state index in [-0.39, 0.29) is 6.04 Å². The number of primary amides is 1. The summed E-state index contributed by atoms with van der Waals surface area (Å²) < 4.78 is 0. The van der Waals surface area contributed by atoms with Gasteiger partial charge in [0.05, 0.1) is 0 Å². The highest BCUT2D eigenvalue weighted by atomic mass is 32.2. The maximum Gasteiger partial charge on any atom is 0.248 e. The molecule has 0 aromatic heterocycles. The summed E-state index contributed by atoms with van der Waals surface area (Å²) in [5.74, 6) is -0.411. The molecule has 0 spiro atoms. The maximum absolute atomic E-state index is 11.2. The summed E-state index contributed by atoms with van der Waals surface area (Å²) in [5, 5.41) is 3.38. The molecule has 1 atom stereocenters. The first-order chi connectivity index (χ1) is 9.60. The number of carbonyl (C=O) groups excluding carboxylic acids is 1. The summed E-state index contributed by atoms with van der Waals surface area (Å²) in [6, 6.07) is 15.8. The topological polar surface area (TPSA) is 55.1 Å². The number of benzene rings is 2. The van der Waals surface area contributed by atoms with Gasteiger partial charge in [-0.05, 0) is 49.1 Å². The van der Waals surface area contributed by atoms with Crippen molar-refractivity contribution in [3.05, 3.63) is 59.7 Å². The van der Waals surface area contributed by atoms with Crippen LogP contribution in [0.25, 0.3) is 0 Å². The Hall–Kier alpha value is -1.94. The second kappa shape index (κ2) is 6.48. The molecule has 3 N–H and O–H groups in total. The minimum atomic E-state index is -0.411. The molecule has 0 aliphatic heterocycles. The molecule has 4 heteroatoms. The predicted molar refractivity (Wildman–Crippen MR) is 85.2 cm³/mol. The molecule has 0 saturated carbocycles. The zero-order valence-electron chi connectivity index (χ0n) is 11.6. The molecular weight excluding hydrogens is 268 g/mol. The molecule has 0 bridgehead atoms. The van der Waals surface area contributed by atoms with Gasteiger partial charge in [-0.15, -0.1) is 11.8 Å². The van der Waals surface area contributed by atoms with Gasteiger partial charge in [-0.1, -0.05) is 18.2 Å². The summed E-state index contributed by atoms with van der Waals surface area (Å²) in [6.07, 6.45) is 2.06. The standard InChI is InChI=1S/C16H18N2OS/c1-11(12-6-8-15(20-2)9-7-12)18-14-5-3-4-13(10-14)16(17)19/h3-11,18H,1-2H3,(H2,17,19). The Balaban J connectivity index is 2.12. The molecule has 0 saturated heterocycles. The summed E-state index contributed by atoms with van der Waals surface area (Å²) in [7, 11) is 0. The Morgan fingerprint density at radius 2 is 1.90 bits per heavy atom. The fraction of sp³-hybridized carbons (Fsp3) is 0.188. The molecule has 0 heterocycles. The molecule has 3 nitrogen and oxygen atoms in total. The van der Waals surface area contributed by atoms with Gasteiger partial charge in [-0.25, -0.2) is 0 Å². The van der Waals surface area contributed by atoms with Gasteiger partial charge >= 0.3 is 0 Å². The molecule has 2 aromatic carbocycles. The third kappa shape index (κ3) is 3.54. The third-order valence-electron chi connectivity index (χ3n) is 3.15. The normalized spacial score (nSPS) is 11.9. The number of amides is 1. The lowest BCUT2D eigenvalue weighted by atomic mass is 10.1. The number of anilines is 1. The van der Waals surface area contributed by atoms with Crippen LogP contribution in [0.1, 0.15) is 28.9 Å². The first-order valence-electron chi connectivity index (χ1n) is 6.40. The molecule has 1 unspecified atom stereocenters. The van der Waals surface area contributed by atoms with Crippen molar-refractivity contribution in [1.29, 1.82) is 0 Å². The van der Waals surface area contributed by atoms with Crippen molar-refractivity contribution < 1.29 is 4.79 Å². The number of rotatable bonds is 5. The van der Waals surface area contributed by atoms with E-state index in [0.29, 0.717) is 5.56 Å². The lowest BCUT2D eigenvalue weighted by Gasteiger charge is -2.16. The van der Waals surface area contributed by atoms with Crippen LogP contribution in [0.2, 0.25) is 0 Å². The smallest absolute Gasteiger partial charge is 0.248 e. The minimum Gasteiger partial charge on any atom is -0.379 e. The van der Waals surface area contributed by atoms with Gasteiger partial charge in [0, 0.05) is 22.2 Å². The van der Waals surface area contributed by atoms with Crippen molar-refractivity contribution in [3.8, 4) is 0 Å². The molecule has 2 aromatic rings. The molecule has 20 heavy (non-hydrogen) atoms. The lowest BCUT2D eigenvalue weighted by molar-refractivity contribution is 0.100. The minimum absolute atomic E-state index is 0.161. The van der Waals surface area contributed by atoms with Gasteiger partial charge in [0.2, 0.25) is 5.91 Å². The van der Waals surface area contributed by atoms with E-state index in [0.717, 1.165) is 5.69 Å². The van der Waals surface area contributed by atoms with Crippen LogP contribution in [0.15, 0.2) is 53.4 Å². The number of nitrogens with two attached hydrogens (primary N) is 1. The fourth-order valence-electron chi connectivity index (χ4n) is 1.99. The maximum atomic E-state index is 11.2. The number of thioether (sulfide) groups is 1. The van der Waals surface area contributed by atoms with Crippen molar-refractivity contribution in [2.75, 3.05) is 11.6 Å². The number of carbonyl (C=O) groups is 1. The van der Waals surface area contributed by atoms with Crippen LogP contribution in [0.5, 0.6) is 0 Å². The summed E-state index contributed by atoms with van der Waals surface area (Å²) in [4.78, 5) is 12.4. The molecule has 1 amide bonds. The van der Waals surface area contributed by atoms with E-state index < -0.39 is 5.91 Å². The number of hydrogen-bond acceptors (Lipinski definition) is 3. The van der Waals surface area contributed by atoms with Crippen LogP contribution in [0, 0.1) is 0 Å². The van der Waals surface area contributed by atoms with Gasteiger partial charge in [0.15, 0.2) is 0 Å². The first kappa shape index (κ1) is 14.5. The molecule has 0 aliphatic rings. The van der Waals surface area contributed by atoms with Crippen LogP contribution >= 0.6 is 11.8 Å². The summed E-state index contributed by atoms with van der Waals surface area (Å²) in [6.45, 7) is 2.09. The van der Waals surface area contributed by atoms with E-state index in [1.54, 1.807) is 23.9 Å². The number of hydrogen-bond donors (Lipinski definition) is 2. The van der Waals surface area contributed by atoms with Crippen molar-refractivity contribution in [2.45, 2.75) is 17.9 Å². The van der Waals surface area contributed by atoms with Crippen LogP contribution in [-0.4, -0.2) is 12.2 Å². The highest BCUT2D eigenvalue weighted by Gasteiger charge is 2.07. The summed E-state index contributed by atoms with van der Waals surface area (Å²) >= 11 is 1.73. The van der Waals surface area contributed by atoms with Gasteiger partial charge in [0.25, 0.3) is 0 Å². The Morgan fingerprint density at radius 1 is 1.20 bits per heavy atom. The molecule has 104 valence electrons.